The van der Waals surface area contributed by atoms with Crippen molar-refractivity contribution in [2.45, 2.75) is 31.9 Å². The van der Waals surface area contributed by atoms with E-state index in [2.05, 4.69) is 17.1 Å². The van der Waals surface area contributed by atoms with E-state index in [1.165, 1.54) is 0 Å². The van der Waals surface area contributed by atoms with Crippen LogP contribution in [-0.2, 0) is 9.59 Å². The molecule has 3 unspecified atom stereocenters. The molecule has 4 N–H and O–H groups in total. The fraction of sp³-hybridized carbons (Fsp3) is 0.467. The molecule has 6 nitrogen and oxygen atoms in total. The molecular formula is C15H19N3O3. The average Bonchev–Trinajstić information content (AvgIpc) is 2.74. The van der Waals surface area contributed by atoms with Crippen LogP contribution in [0.2, 0.25) is 0 Å². The van der Waals surface area contributed by atoms with Crippen LogP contribution in [0.5, 0.6) is 0 Å². The smallest absolute Gasteiger partial charge is 0.257 e. The number of hydrogen-bond donors (Lipinski definition) is 3. The summed E-state index contributed by atoms with van der Waals surface area (Å²) < 4.78 is 0. The van der Waals surface area contributed by atoms with Crippen molar-refractivity contribution >= 4 is 23.2 Å². The van der Waals surface area contributed by atoms with Gasteiger partial charge in [0.15, 0.2) is 6.10 Å². The topological polar surface area (TPSA) is 95.7 Å². The summed E-state index contributed by atoms with van der Waals surface area (Å²) >= 11 is 0. The van der Waals surface area contributed by atoms with Crippen molar-refractivity contribution in [2.75, 3.05) is 16.8 Å². The van der Waals surface area contributed by atoms with Gasteiger partial charge in [-0.05, 0) is 31.9 Å². The maximum absolute atomic E-state index is 11.5. The highest BCUT2D eigenvalue weighted by molar-refractivity contribution is 6.02. The van der Waals surface area contributed by atoms with Crippen molar-refractivity contribution in [3.05, 3.63) is 23.8 Å². The van der Waals surface area contributed by atoms with Crippen LogP contribution in [-0.4, -0.2) is 29.5 Å². The average molecular weight is 289 g/mol. The number of piperidine rings is 1. The molecular weight excluding hydrogens is 270 g/mol. The second-order valence-corrected chi connectivity index (χ2v) is 5.84. The zero-order valence-electron chi connectivity index (χ0n) is 11.9. The number of benzene rings is 1. The highest BCUT2D eigenvalue weighted by atomic mass is 16.3. The first kappa shape index (κ1) is 13.9. The summed E-state index contributed by atoms with van der Waals surface area (Å²) in [7, 11) is 0. The molecule has 0 radical (unpaired) electrons. The predicted molar refractivity (Wildman–Crippen MR) is 78.8 cm³/mol. The van der Waals surface area contributed by atoms with E-state index in [0.29, 0.717) is 23.8 Å². The van der Waals surface area contributed by atoms with Crippen LogP contribution >= 0.6 is 0 Å². The lowest BCUT2D eigenvalue weighted by Crippen LogP contribution is -2.45. The number of rotatable bonds is 2. The fourth-order valence-corrected chi connectivity index (χ4v) is 3.11. The Morgan fingerprint density at radius 2 is 2.19 bits per heavy atom. The van der Waals surface area contributed by atoms with E-state index in [-0.39, 0.29) is 11.8 Å². The zero-order chi connectivity index (χ0) is 15.1. The number of aliphatic hydroxyl groups is 1. The molecule has 1 aromatic rings. The summed E-state index contributed by atoms with van der Waals surface area (Å²) in [5.74, 6) is -0.810. The number of hydrogen-bond acceptors (Lipinski definition) is 4. The minimum Gasteiger partial charge on any atom is -0.378 e. The van der Waals surface area contributed by atoms with E-state index in [9.17, 15) is 14.7 Å². The predicted octanol–water partition coefficient (Wildman–Crippen LogP) is 0.762. The molecule has 0 aromatic heterocycles. The Hall–Kier alpha value is -2.08. The first-order valence-electron chi connectivity index (χ1n) is 7.16. The lowest BCUT2D eigenvalue weighted by molar-refractivity contribution is -0.123. The third kappa shape index (κ3) is 2.35. The first-order valence-corrected chi connectivity index (χ1v) is 7.16. The molecule has 0 spiro atoms. The largest absolute Gasteiger partial charge is 0.378 e. The number of anilines is 2. The molecule has 0 aliphatic carbocycles. The number of amides is 2. The van der Waals surface area contributed by atoms with Crippen LogP contribution in [0.15, 0.2) is 18.2 Å². The van der Waals surface area contributed by atoms with Gasteiger partial charge in [0, 0.05) is 29.5 Å². The van der Waals surface area contributed by atoms with Crippen LogP contribution in [0.1, 0.15) is 31.4 Å². The van der Waals surface area contributed by atoms with Crippen LogP contribution in [0, 0.1) is 5.92 Å². The van der Waals surface area contributed by atoms with E-state index < -0.39 is 12.0 Å². The normalized spacial score (nSPS) is 28.2. The molecule has 0 saturated carbocycles. The Morgan fingerprint density at radius 3 is 2.90 bits per heavy atom. The summed E-state index contributed by atoms with van der Waals surface area (Å²) in [6.45, 7) is 2.70. The van der Waals surface area contributed by atoms with Gasteiger partial charge in [-0.1, -0.05) is 6.07 Å². The number of aliphatic hydroxyl groups excluding tert-OH is 1. The van der Waals surface area contributed by atoms with Gasteiger partial charge < -0.3 is 21.1 Å². The van der Waals surface area contributed by atoms with Gasteiger partial charge in [0.2, 0.25) is 5.91 Å². The van der Waals surface area contributed by atoms with Crippen LogP contribution in [0.3, 0.4) is 0 Å². The number of primary amides is 1. The summed E-state index contributed by atoms with van der Waals surface area (Å²) in [6, 6.07) is 5.79. The van der Waals surface area contributed by atoms with Gasteiger partial charge in [0.05, 0.1) is 5.92 Å². The molecule has 2 aliphatic rings. The molecule has 2 aliphatic heterocycles. The standard InChI is InChI=1S/C15H19N3O3/c1-8-2-3-9(14(16)20)7-18(8)10-4-5-11-12(6-10)17-15(21)13(11)19/h4-6,8-9,13,19H,2-3,7H2,1H3,(H2,16,20)(H,17,21). The first-order chi connectivity index (χ1) is 9.97. The number of nitrogens with zero attached hydrogens (tertiary/aromatic N) is 1. The third-order valence-corrected chi connectivity index (χ3v) is 4.45. The van der Waals surface area contributed by atoms with Crippen molar-refractivity contribution in [3.63, 3.8) is 0 Å². The molecule has 1 saturated heterocycles. The van der Waals surface area contributed by atoms with Crippen LogP contribution in [0.4, 0.5) is 11.4 Å². The maximum atomic E-state index is 11.5. The zero-order valence-corrected chi connectivity index (χ0v) is 11.9. The lowest BCUT2D eigenvalue weighted by Gasteiger charge is -2.38. The fourth-order valence-electron chi connectivity index (χ4n) is 3.11. The number of nitrogens with one attached hydrogen (secondary N) is 1. The summed E-state index contributed by atoms with van der Waals surface area (Å²) in [5.41, 5.74) is 7.59. The van der Waals surface area contributed by atoms with Gasteiger partial charge in [-0.3, -0.25) is 9.59 Å². The second-order valence-electron chi connectivity index (χ2n) is 5.84. The van der Waals surface area contributed by atoms with E-state index >= 15 is 0 Å². The Kier molecular flexibility index (Phi) is 3.33. The minimum atomic E-state index is -1.09. The molecule has 3 rings (SSSR count). The van der Waals surface area contributed by atoms with E-state index in [1.807, 2.05) is 12.1 Å². The van der Waals surface area contributed by atoms with E-state index in [4.69, 9.17) is 5.73 Å². The molecule has 2 amide bonds. The Bertz CT molecular complexity index is 602. The van der Waals surface area contributed by atoms with E-state index in [1.54, 1.807) is 6.07 Å². The molecule has 21 heavy (non-hydrogen) atoms. The molecule has 2 heterocycles. The quantitative estimate of drug-likeness (QED) is 0.749. The Morgan fingerprint density at radius 1 is 1.43 bits per heavy atom. The second kappa shape index (κ2) is 5.04. The van der Waals surface area contributed by atoms with Gasteiger partial charge in [0.25, 0.3) is 5.91 Å². The van der Waals surface area contributed by atoms with Gasteiger partial charge in [0.1, 0.15) is 0 Å². The number of carbonyl (C=O) groups excluding carboxylic acids is 2. The number of fused-ring (bicyclic) bond motifs is 1. The number of carbonyl (C=O) groups is 2. The van der Waals surface area contributed by atoms with Gasteiger partial charge in [-0.15, -0.1) is 0 Å². The highest BCUT2D eigenvalue weighted by Gasteiger charge is 2.32. The van der Waals surface area contributed by atoms with Crippen LogP contribution < -0.4 is 16.0 Å². The maximum Gasteiger partial charge on any atom is 0.257 e. The minimum absolute atomic E-state index is 0.144. The molecule has 6 heteroatoms. The van der Waals surface area contributed by atoms with Crippen molar-refractivity contribution in [2.24, 2.45) is 11.7 Å². The van der Waals surface area contributed by atoms with Gasteiger partial charge >= 0.3 is 0 Å². The molecule has 1 fully saturated rings. The highest BCUT2D eigenvalue weighted by Crippen LogP contribution is 2.36. The summed E-state index contributed by atoms with van der Waals surface area (Å²) in [4.78, 5) is 25.0. The van der Waals surface area contributed by atoms with Gasteiger partial charge in [-0.25, -0.2) is 0 Å². The molecule has 1 aromatic carbocycles. The monoisotopic (exact) mass is 289 g/mol. The molecule has 0 bridgehead atoms. The Balaban J connectivity index is 1.88. The summed E-state index contributed by atoms with van der Waals surface area (Å²) in [5, 5.41) is 12.4. The van der Waals surface area contributed by atoms with Crippen molar-refractivity contribution in [3.8, 4) is 0 Å². The molecule has 3 atom stereocenters. The Labute approximate surface area is 122 Å². The number of nitrogens with two attached hydrogens (primary N) is 1. The van der Waals surface area contributed by atoms with Crippen molar-refractivity contribution < 1.29 is 14.7 Å². The van der Waals surface area contributed by atoms with E-state index in [0.717, 1.165) is 18.5 Å². The lowest BCUT2D eigenvalue weighted by atomic mass is 9.92. The van der Waals surface area contributed by atoms with Crippen LogP contribution in [0.25, 0.3) is 0 Å². The SMILES string of the molecule is CC1CCC(C(N)=O)CN1c1ccc2c(c1)NC(=O)C2O. The molecule has 112 valence electrons. The van der Waals surface area contributed by atoms with Crippen molar-refractivity contribution in [1.82, 2.24) is 0 Å². The van der Waals surface area contributed by atoms with Gasteiger partial charge in [-0.2, -0.15) is 0 Å². The van der Waals surface area contributed by atoms with Crippen molar-refractivity contribution in [1.29, 1.82) is 0 Å². The third-order valence-electron chi connectivity index (χ3n) is 4.45. The summed E-state index contributed by atoms with van der Waals surface area (Å²) in [6.07, 6.45) is 0.624.